The summed E-state index contributed by atoms with van der Waals surface area (Å²) in [6.45, 7) is 1.42. The van der Waals surface area contributed by atoms with Gasteiger partial charge in [0.1, 0.15) is 5.69 Å². The minimum Gasteiger partial charge on any atom is -0.355 e. The van der Waals surface area contributed by atoms with Gasteiger partial charge in [0, 0.05) is 11.3 Å². The minimum atomic E-state index is -4.41. The first-order valence-electron chi connectivity index (χ1n) is 3.17. The minimum absolute atomic E-state index is 0.0438. The predicted octanol–water partition coefficient (Wildman–Crippen LogP) is 2.15. The van der Waals surface area contributed by atoms with E-state index in [0.29, 0.717) is 6.29 Å². The van der Waals surface area contributed by atoms with Crippen molar-refractivity contribution in [3.8, 4) is 0 Å². The molecule has 0 unspecified atom stereocenters. The van der Waals surface area contributed by atoms with E-state index in [1.165, 1.54) is 6.92 Å². The molecule has 1 aromatic heterocycles. The van der Waals surface area contributed by atoms with Crippen molar-refractivity contribution < 1.29 is 18.0 Å². The van der Waals surface area contributed by atoms with Gasteiger partial charge in [-0.05, 0) is 13.0 Å². The van der Waals surface area contributed by atoms with Gasteiger partial charge in [0.15, 0.2) is 6.29 Å². The highest BCUT2D eigenvalue weighted by Gasteiger charge is 2.32. The van der Waals surface area contributed by atoms with Gasteiger partial charge in [-0.1, -0.05) is 0 Å². The van der Waals surface area contributed by atoms with Crippen molar-refractivity contribution in [3.63, 3.8) is 0 Å². The van der Waals surface area contributed by atoms with Gasteiger partial charge in [-0.15, -0.1) is 0 Å². The molecular weight excluding hydrogens is 171 g/mol. The number of nitrogens with one attached hydrogen (secondary N) is 1. The van der Waals surface area contributed by atoms with Gasteiger partial charge in [-0.25, -0.2) is 0 Å². The summed E-state index contributed by atoms with van der Waals surface area (Å²) in [7, 11) is 0. The van der Waals surface area contributed by atoms with Crippen molar-refractivity contribution in [1.82, 2.24) is 4.98 Å². The van der Waals surface area contributed by atoms with E-state index in [9.17, 15) is 18.0 Å². The molecule has 2 nitrogen and oxygen atoms in total. The Hall–Kier alpha value is -1.26. The zero-order valence-electron chi connectivity index (χ0n) is 6.20. The third-order valence-corrected chi connectivity index (χ3v) is 1.49. The maximum Gasteiger partial charge on any atom is 0.431 e. The summed E-state index contributed by atoms with van der Waals surface area (Å²) in [6, 6.07) is 0.794. The normalized spacial score (nSPS) is 11.7. The molecule has 66 valence electrons. The molecule has 0 aliphatic heterocycles. The van der Waals surface area contributed by atoms with Crippen LogP contribution >= 0.6 is 0 Å². The van der Waals surface area contributed by atoms with Crippen LogP contribution in [0.15, 0.2) is 6.07 Å². The Bertz CT molecular complexity index is 300. The smallest absolute Gasteiger partial charge is 0.355 e. The van der Waals surface area contributed by atoms with E-state index in [1.807, 2.05) is 0 Å². The first-order valence-corrected chi connectivity index (χ1v) is 3.17. The van der Waals surface area contributed by atoms with Gasteiger partial charge in [-0.2, -0.15) is 13.2 Å². The number of hydrogen-bond donors (Lipinski definition) is 1. The molecule has 0 aliphatic carbocycles. The Morgan fingerprint density at radius 2 is 2.08 bits per heavy atom. The highest BCUT2D eigenvalue weighted by molar-refractivity contribution is 5.76. The standard InChI is InChI=1S/C7H6F3NO/c1-4-5(3-12)2-6(11-4)7(8,9)10/h2-3,11H,1H3. The molecule has 0 saturated carbocycles. The number of aldehydes is 1. The average Bonchev–Trinajstić information content (AvgIpc) is 2.29. The largest absolute Gasteiger partial charge is 0.431 e. The summed E-state index contributed by atoms with van der Waals surface area (Å²) in [4.78, 5) is 12.3. The Kier molecular flexibility index (Phi) is 1.95. The third kappa shape index (κ3) is 1.49. The molecule has 1 aromatic rings. The van der Waals surface area contributed by atoms with Crippen LogP contribution in [0.25, 0.3) is 0 Å². The van der Waals surface area contributed by atoms with Crippen LogP contribution < -0.4 is 0 Å². The quantitative estimate of drug-likeness (QED) is 0.655. The average molecular weight is 177 g/mol. The number of halogens is 3. The number of carbonyl (C=O) groups is 1. The molecule has 0 fully saturated rings. The number of carbonyl (C=O) groups excluding carboxylic acids is 1. The third-order valence-electron chi connectivity index (χ3n) is 1.49. The SMILES string of the molecule is Cc1[nH]c(C(F)(F)F)cc1C=O. The lowest BCUT2D eigenvalue weighted by molar-refractivity contribution is -0.140. The van der Waals surface area contributed by atoms with Crippen LogP contribution in [0.4, 0.5) is 13.2 Å². The summed E-state index contributed by atoms with van der Waals surface area (Å²) in [5.41, 5.74) is -0.609. The van der Waals surface area contributed by atoms with Crippen LogP contribution in [0.2, 0.25) is 0 Å². The van der Waals surface area contributed by atoms with Crippen molar-refractivity contribution >= 4 is 6.29 Å². The molecular formula is C7H6F3NO. The van der Waals surface area contributed by atoms with Gasteiger partial charge in [0.2, 0.25) is 0 Å². The van der Waals surface area contributed by atoms with E-state index < -0.39 is 11.9 Å². The van der Waals surface area contributed by atoms with Gasteiger partial charge in [-0.3, -0.25) is 4.79 Å². The molecule has 1 rings (SSSR count). The van der Waals surface area contributed by atoms with Gasteiger partial charge >= 0.3 is 6.18 Å². The first-order chi connectivity index (χ1) is 5.45. The number of aromatic nitrogens is 1. The molecule has 0 aromatic carbocycles. The predicted molar refractivity (Wildman–Crippen MR) is 35.9 cm³/mol. The molecule has 5 heteroatoms. The Morgan fingerprint density at radius 1 is 1.50 bits per heavy atom. The second-order valence-electron chi connectivity index (χ2n) is 2.38. The van der Waals surface area contributed by atoms with Crippen molar-refractivity contribution in [2.75, 3.05) is 0 Å². The van der Waals surface area contributed by atoms with E-state index in [0.717, 1.165) is 6.07 Å². The summed E-state index contributed by atoms with van der Waals surface area (Å²) in [6.07, 6.45) is -4.02. The molecule has 1 heterocycles. The molecule has 0 atom stereocenters. The number of aromatic amines is 1. The van der Waals surface area contributed by atoms with E-state index in [4.69, 9.17) is 0 Å². The van der Waals surface area contributed by atoms with Crippen molar-refractivity contribution in [1.29, 1.82) is 0 Å². The van der Waals surface area contributed by atoms with E-state index in [-0.39, 0.29) is 11.3 Å². The highest BCUT2D eigenvalue weighted by atomic mass is 19.4. The summed E-state index contributed by atoms with van der Waals surface area (Å²) >= 11 is 0. The monoisotopic (exact) mass is 177 g/mol. The molecule has 0 amide bonds. The Labute approximate surface area is 66.4 Å². The van der Waals surface area contributed by atoms with Gasteiger partial charge in [0.05, 0.1) is 0 Å². The molecule has 0 bridgehead atoms. The molecule has 0 saturated heterocycles. The Morgan fingerprint density at radius 3 is 2.33 bits per heavy atom. The zero-order chi connectivity index (χ0) is 9.35. The topological polar surface area (TPSA) is 32.9 Å². The zero-order valence-corrected chi connectivity index (χ0v) is 6.20. The fourth-order valence-electron chi connectivity index (χ4n) is 0.849. The lowest BCUT2D eigenvalue weighted by Gasteiger charge is -2.00. The van der Waals surface area contributed by atoms with Gasteiger partial charge in [0.25, 0.3) is 0 Å². The summed E-state index contributed by atoms with van der Waals surface area (Å²) in [5, 5.41) is 0. The number of rotatable bonds is 1. The molecule has 0 radical (unpaired) electrons. The van der Waals surface area contributed by atoms with Crippen LogP contribution in [-0.2, 0) is 6.18 Å². The number of hydrogen-bond acceptors (Lipinski definition) is 1. The van der Waals surface area contributed by atoms with Crippen LogP contribution in [0.1, 0.15) is 21.7 Å². The lowest BCUT2D eigenvalue weighted by Crippen LogP contribution is -2.04. The first kappa shape index (κ1) is 8.83. The number of H-pyrrole nitrogens is 1. The van der Waals surface area contributed by atoms with Crippen LogP contribution in [-0.4, -0.2) is 11.3 Å². The highest BCUT2D eigenvalue weighted by Crippen LogP contribution is 2.29. The second kappa shape index (κ2) is 2.66. The molecule has 0 spiro atoms. The Balaban J connectivity index is 3.13. The van der Waals surface area contributed by atoms with Gasteiger partial charge < -0.3 is 4.98 Å². The summed E-state index contributed by atoms with van der Waals surface area (Å²) in [5.74, 6) is 0. The van der Waals surface area contributed by atoms with Crippen molar-refractivity contribution in [2.24, 2.45) is 0 Å². The van der Waals surface area contributed by atoms with E-state index in [1.54, 1.807) is 0 Å². The van der Waals surface area contributed by atoms with Crippen LogP contribution in [0.5, 0.6) is 0 Å². The van der Waals surface area contributed by atoms with E-state index in [2.05, 4.69) is 4.98 Å². The molecule has 0 aliphatic rings. The van der Waals surface area contributed by atoms with Crippen LogP contribution in [0, 0.1) is 6.92 Å². The second-order valence-corrected chi connectivity index (χ2v) is 2.38. The maximum atomic E-state index is 12.0. The maximum absolute atomic E-state index is 12.0. The van der Waals surface area contributed by atoms with Crippen molar-refractivity contribution in [2.45, 2.75) is 13.1 Å². The fraction of sp³-hybridized carbons (Fsp3) is 0.286. The lowest BCUT2D eigenvalue weighted by atomic mass is 10.3. The molecule has 12 heavy (non-hydrogen) atoms. The van der Waals surface area contributed by atoms with E-state index >= 15 is 0 Å². The van der Waals surface area contributed by atoms with Crippen molar-refractivity contribution in [3.05, 3.63) is 23.0 Å². The number of alkyl halides is 3. The summed E-state index contributed by atoms with van der Waals surface area (Å²) < 4.78 is 35.9. The molecule has 1 N–H and O–H groups in total. The van der Waals surface area contributed by atoms with Crippen LogP contribution in [0.3, 0.4) is 0 Å². The fourth-order valence-corrected chi connectivity index (χ4v) is 0.849. The number of aryl methyl sites for hydroxylation is 1.